The maximum absolute atomic E-state index is 13.8. The average Bonchev–Trinajstić information content (AvgIpc) is 3.41. The van der Waals surface area contributed by atoms with Crippen molar-refractivity contribution in [3.8, 4) is 16.8 Å². The zero-order valence-electron chi connectivity index (χ0n) is 18.0. The van der Waals surface area contributed by atoms with Gasteiger partial charge in [-0.2, -0.15) is 14.9 Å². The molecule has 0 atom stereocenters. The standard InChI is InChI=1S/C24H21N7O2/c1-29-13-16-10-17(5-7-18(16)27-29)31-24(33)21(15-4-6-20(23(25)32)26-11-15)22-19(28-31)8-9-30(22)12-14-2-3-14/h4-11,13-14H,2-3,12H2,1H3,(H2,25,32). The molecule has 1 fully saturated rings. The quantitative estimate of drug-likeness (QED) is 0.452. The molecule has 1 aliphatic rings. The predicted octanol–water partition coefficient (Wildman–Crippen LogP) is 2.64. The highest BCUT2D eigenvalue weighted by atomic mass is 16.1. The molecule has 4 heterocycles. The molecule has 1 aliphatic carbocycles. The van der Waals surface area contributed by atoms with Crippen molar-refractivity contribution >= 4 is 27.8 Å². The minimum Gasteiger partial charge on any atom is -0.364 e. The molecule has 0 bridgehead atoms. The molecule has 4 aromatic heterocycles. The molecule has 0 radical (unpaired) electrons. The summed E-state index contributed by atoms with van der Waals surface area (Å²) < 4.78 is 5.27. The normalized spacial score (nSPS) is 13.7. The molecule has 6 rings (SSSR count). The van der Waals surface area contributed by atoms with Gasteiger partial charge in [0.1, 0.15) is 11.2 Å². The second kappa shape index (κ2) is 7.13. The van der Waals surface area contributed by atoms with E-state index in [-0.39, 0.29) is 11.3 Å². The lowest BCUT2D eigenvalue weighted by molar-refractivity contribution is 0.0995. The number of amides is 1. The molecule has 0 aliphatic heterocycles. The van der Waals surface area contributed by atoms with E-state index in [4.69, 9.17) is 10.8 Å². The summed E-state index contributed by atoms with van der Waals surface area (Å²) in [5.74, 6) is 0.0138. The Labute approximate surface area is 188 Å². The molecule has 9 nitrogen and oxygen atoms in total. The van der Waals surface area contributed by atoms with Gasteiger partial charge in [0.15, 0.2) is 0 Å². The minimum absolute atomic E-state index is 0.153. The highest BCUT2D eigenvalue weighted by Gasteiger charge is 2.25. The largest absolute Gasteiger partial charge is 0.364 e. The van der Waals surface area contributed by atoms with Gasteiger partial charge in [0, 0.05) is 43.1 Å². The third-order valence-corrected chi connectivity index (χ3v) is 6.10. The topological polar surface area (TPSA) is 114 Å². The Balaban J connectivity index is 1.60. The van der Waals surface area contributed by atoms with Crippen LogP contribution in [0.5, 0.6) is 0 Å². The third kappa shape index (κ3) is 3.29. The first-order chi connectivity index (χ1) is 16.0. The van der Waals surface area contributed by atoms with E-state index in [1.165, 1.54) is 23.7 Å². The molecular weight excluding hydrogens is 418 g/mol. The van der Waals surface area contributed by atoms with Gasteiger partial charge in [-0.15, -0.1) is 0 Å². The Morgan fingerprint density at radius 2 is 1.97 bits per heavy atom. The van der Waals surface area contributed by atoms with Crippen LogP contribution >= 0.6 is 0 Å². The smallest absolute Gasteiger partial charge is 0.281 e. The van der Waals surface area contributed by atoms with Crippen molar-refractivity contribution in [2.75, 3.05) is 0 Å². The van der Waals surface area contributed by atoms with Gasteiger partial charge in [-0.25, -0.2) is 0 Å². The molecular formula is C24H21N7O2. The molecule has 0 saturated heterocycles. The molecule has 1 amide bonds. The first-order valence-electron chi connectivity index (χ1n) is 10.8. The van der Waals surface area contributed by atoms with Crippen LogP contribution in [0.1, 0.15) is 23.3 Å². The van der Waals surface area contributed by atoms with E-state index < -0.39 is 5.91 Å². The van der Waals surface area contributed by atoms with E-state index >= 15 is 0 Å². The number of fused-ring (bicyclic) bond motifs is 2. The molecule has 164 valence electrons. The highest BCUT2D eigenvalue weighted by Crippen LogP contribution is 2.33. The summed E-state index contributed by atoms with van der Waals surface area (Å²) in [7, 11) is 1.86. The molecule has 1 saturated carbocycles. The van der Waals surface area contributed by atoms with E-state index in [0.29, 0.717) is 22.7 Å². The lowest BCUT2D eigenvalue weighted by atomic mass is 10.1. The number of rotatable bonds is 5. The van der Waals surface area contributed by atoms with Crippen molar-refractivity contribution in [3.63, 3.8) is 0 Å². The first-order valence-corrected chi connectivity index (χ1v) is 10.8. The monoisotopic (exact) mass is 439 g/mol. The number of primary amides is 1. The molecule has 0 spiro atoms. The van der Waals surface area contributed by atoms with Gasteiger partial charge >= 0.3 is 0 Å². The van der Waals surface area contributed by atoms with Gasteiger partial charge in [-0.3, -0.25) is 19.3 Å². The van der Waals surface area contributed by atoms with Crippen molar-refractivity contribution in [2.24, 2.45) is 18.7 Å². The Morgan fingerprint density at radius 1 is 1.12 bits per heavy atom. The number of pyridine rings is 1. The zero-order valence-corrected chi connectivity index (χ0v) is 18.0. The SMILES string of the molecule is Cn1cc2cc(-n3nc4ccn(CC5CC5)c4c(-c4ccc(C(N)=O)nc4)c3=O)ccc2n1. The van der Waals surface area contributed by atoms with Gasteiger partial charge in [0.25, 0.3) is 11.5 Å². The van der Waals surface area contributed by atoms with E-state index in [0.717, 1.165) is 28.5 Å². The van der Waals surface area contributed by atoms with Gasteiger partial charge in [0.05, 0.1) is 22.3 Å². The summed E-state index contributed by atoms with van der Waals surface area (Å²) in [6.45, 7) is 0.843. The lowest BCUT2D eigenvalue weighted by Gasteiger charge is -2.12. The van der Waals surface area contributed by atoms with Gasteiger partial charge in [0.2, 0.25) is 0 Å². The van der Waals surface area contributed by atoms with Crippen LogP contribution in [-0.4, -0.2) is 35.0 Å². The van der Waals surface area contributed by atoms with Gasteiger partial charge in [-0.1, -0.05) is 6.07 Å². The number of carbonyl (C=O) groups excluding carboxylic acids is 1. The van der Waals surface area contributed by atoms with Crippen molar-refractivity contribution < 1.29 is 4.79 Å². The number of nitrogens with two attached hydrogens (primary N) is 1. The van der Waals surface area contributed by atoms with E-state index in [2.05, 4.69) is 14.6 Å². The van der Waals surface area contributed by atoms with Crippen molar-refractivity contribution in [3.05, 3.63) is 71.0 Å². The number of nitrogens with zero attached hydrogens (tertiary/aromatic N) is 6. The van der Waals surface area contributed by atoms with Crippen LogP contribution in [0, 0.1) is 5.92 Å². The number of carbonyl (C=O) groups is 1. The van der Waals surface area contributed by atoms with Crippen LogP contribution in [0.3, 0.4) is 0 Å². The summed E-state index contributed by atoms with van der Waals surface area (Å²) in [6, 6.07) is 10.8. The number of aromatic nitrogens is 6. The fraction of sp³-hybridized carbons (Fsp3) is 0.208. The summed E-state index contributed by atoms with van der Waals surface area (Å²) in [5, 5.41) is 10.0. The van der Waals surface area contributed by atoms with Gasteiger partial charge < -0.3 is 10.3 Å². The van der Waals surface area contributed by atoms with E-state index in [1.54, 1.807) is 16.8 Å². The Kier molecular flexibility index (Phi) is 4.19. The van der Waals surface area contributed by atoms with Crippen LogP contribution in [0.25, 0.3) is 38.8 Å². The summed E-state index contributed by atoms with van der Waals surface area (Å²) in [4.78, 5) is 29.5. The van der Waals surface area contributed by atoms with Crippen molar-refractivity contribution in [2.45, 2.75) is 19.4 Å². The Morgan fingerprint density at radius 3 is 2.70 bits per heavy atom. The van der Waals surface area contributed by atoms with Crippen LogP contribution in [0.2, 0.25) is 0 Å². The van der Waals surface area contributed by atoms with Crippen molar-refractivity contribution in [1.29, 1.82) is 0 Å². The zero-order chi connectivity index (χ0) is 22.7. The Bertz CT molecular complexity index is 1600. The maximum Gasteiger partial charge on any atom is 0.281 e. The highest BCUT2D eigenvalue weighted by molar-refractivity contribution is 5.94. The molecule has 0 unspecified atom stereocenters. The molecule has 1 aromatic carbocycles. The number of aryl methyl sites for hydroxylation is 1. The predicted molar refractivity (Wildman–Crippen MR) is 124 cm³/mol. The van der Waals surface area contributed by atoms with E-state index in [9.17, 15) is 9.59 Å². The van der Waals surface area contributed by atoms with Crippen LogP contribution in [-0.2, 0) is 13.6 Å². The van der Waals surface area contributed by atoms with Crippen LogP contribution in [0.4, 0.5) is 0 Å². The summed E-state index contributed by atoms with van der Waals surface area (Å²) in [6.07, 6.45) is 7.80. The van der Waals surface area contributed by atoms with Crippen molar-refractivity contribution in [1.82, 2.24) is 29.1 Å². The van der Waals surface area contributed by atoms with Crippen LogP contribution < -0.4 is 11.3 Å². The number of benzene rings is 1. The fourth-order valence-electron chi connectivity index (χ4n) is 4.30. The summed E-state index contributed by atoms with van der Waals surface area (Å²) in [5.41, 5.74) is 9.36. The minimum atomic E-state index is -0.610. The molecule has 5 aromatic rings. The van der Waals surface area contributed by atoms with Gasteiger partial charge in [-0.05, 0) is 49.1 Å². The second-order valence-electron chi connectivity index (χ2n) is 8.58. The number of hydrogen-bond donors (Lipinski definition) is 1. The second-order valence-corrected chi connectivity index (χ2v) is 8.58. The third-order valence-electron chi connectivity index (χ3n) is 6.10. The first kappa shape index (κ1) is 19.4. The average molecular weight is 439 g/mol. The fourth-order valence-corrected chi connectivity index (χ4v) is 4.30. The number of hydrogen-bond acceptors (Lipinski definition) is 5. The van der Waals surface area contributed by atoms with E-state index in [1.807, 2.05) is 43.7 Å². The summed E-state index contributed by atoms with van der Waals surface area (Å²) >= 11 is 0. The maximum atomic E-state index is 13.8. The molecule has 2 N–H and O–H groups in total. The molecule has 33 heavy (non-hydrogen) atoms. The Hall–Kier alpha value is -4.27. The lowest BCUT2D eigenvalue weighted by Crippen LogP contribution is -2.24. The molecule has 9 heteroatoms. The van der Waals surface area contributed by atoms with Crippen LogP contribution in [0.15, 0.2) is 59.8 Å².